The van der Waals surface area contributed by atoms with Gasteiger partial charge in [-0.3, -0.25) is 0 Å². The van der Waals surface area contributed by atoms with E-state index in [1.54, 1.807) is 49.7 Å². The summed E-state index contributed by atoms with van der Waals surface area (Å²) in [7, 11) is 1.56. The number of ether oxygens (including phenoxy) is 2. The molecule has 1 N–H and O–H groups in total. The van der Waals surface area contributed by atoms with Crippen molar-refractivity contribution in [2.45, 2.75) is 38.5 Å². The molecule has 11 heteroatoms. The summed E-state index contributed by atoms with van der Waals surface area (Å²) >= 11 is 3.37. The van der Waals surface area contributed by atoms with Crippen molar-refractivity contribution in [1.82, 2.24) is 15.0 Å². The van der Waals surface area contributed by atoms with Gasteiger partial charge in [0.05, 0.1) is 18.9 Å². The van der Waals surface area contributed by atoms with Crippen LogP contribution < -0.4 is 24.7 Å². The first kappa shape index (κ1) is 26.9. The highest BCUT2D eigenvalue weighted by Crippen LogP contribution is 2.26. The van der Waals surface area contributed by atoms with E-state index in [4.69, 9.17) is 14.5 Å². The smallest absolute Gasteiger partial charge is 0.343 e. The molecule has 0 radical (unpaired) electrons. The maximum absolute atomic E-state index is 12.5. The van der Waals surface area contributed by atoms with Crippen LogP contribution in [0.3, 0.4) is 0 Å². The van der Waals surface area contributed by atoms with Gasteiger partial charge in [-0.05, 0) is 68.9 Å². The van der Waals surface area contributed by atoms with Crippen LogP contribution >= 0.6 is 15.9 Å². The van der Waals surface area contributed by atoms with Gasteiger partial charge in [-0.25, -0.2) is 10.2 Å². The Balaban J connectivity index is 1.31. The number of benzene rings is 2. The first-order valence-electron chi connectivity index (χ1n) is 13.3. The lowest BCUT2D eigenvalue weighted by molar-refractivity contribution is 0.0734. The monoisotopic (exact) mass is 593 g/mol. The number of nitrogens with zero attached hydrogens (tertiary/aromatic N) is 6. The van der Waals surface area contributed by atoms with E-state index in [0.717, 1.165) is 56.3 Å². The van der Waals surface area contributed by atoms with Crippen molar-refractivity contribution < 1.29 is 14.3 Å². The molecule has 3 heterocycles. The Morgan fingerprint density at radius 2 is 1.59 bits per heavy atom. The fourth-order valence-corrected chi connectivity index (χ4v) is 5.08. The molecular formula is C28H32BrN7O3. The van der Waals surface area contributed by atoms with E-state index in [0.29, 0.717) is 40.5 Å². The average Bonchev–Trinajstić information content (AvgIpc) is 2.98. The Morgan fingerprint density at radius 1 is 0.923 bits per heavy atom. The summed E-state index contributed by atoms with van der Waals surface area (Å²) in [5.74, 6) is 2.22. The van der Waals surface area contributed by atoms with Crippen LogP contribution in [0.25, 0.3) is 0 Å². The van der Waals surface area contributed by atoms with Crippen molar-refractivity contribution in [3.05, 3.63) is 58.1 Å². The molecule has 0 saturated carbocycles. The highest BCUT2D eigenvalue weighted by Gasteiger charge is 2.20. The Kier molecular flexibility index (Phi) is 8.87. The van der Waals surface area contributed by atoms with Gasteiger partial charge in [0.25, 0.3) is 0 Å². The second-order valence-corrected chi connectivity index (χ2v) is 10.4. The highest BCUT2D eigenvalue weighted by atomic mass is 79.9. The molecule has 0 aliphatic carbocycles. The maximum Gasteiger partial charge on any atom is 0.343 e. The van der Waals surface area contributed by atoms with Gasteiger partial charge in [-0.15, -0.1) is 0 Å². The van der Waals surface area contributed by atoms with Crippen molar-refractivity contribution in [2.75, 3.05) is 48.5 Å². The predicted molar refractivity (Wildman–Crippen MR) is 155 cm³/mol. The van der Waals surface area contributed by atoms with Crippen LogP contribution in [0, 0.1) is 0 Å². The zero-order chi connectivity index (χ0) is 27.0. The number of hydrogen-bond acceptors (Lipinski definition) is 10. The molecule has 0 spiro atoms. The maximum atomic E-state index is 12.5. The Hall–Kier alpha value is -3.73. The molecule has 204 valence electrons. The van der Waals surface area contributed by atoms with Crippen LogP contribution in [0.1, 0.15) is 54.4 Å². The van der Waals surface area contributed by atoms with E-state index in [-0.39, 0.29) is 0 Å². The summed E-state index contributed by atoms with van der Waals surface area (Å²) in [6, 6.07) is 12.2. The van der Waals surface area contributed by atoms with E-state index in [9.17, 15) is 4.79 Å². The molecule has 39 heavy (non-hydrogen) atoms. The van der Waals surface area contributed by atoms with Crippen molar-refractivity contribution >= 4 is 46.0 Å². The second kappa shape index (κ2) is 12.9. The van der Waals surface area contributed by atoms with Crippen LogP contribution in [-0.4, -0.2) is 60.4 Å². The fraction of sp³-hybridized carbons (Fsp3) is 0.393. The third-order valence-electron chi connectivity index (χ3n) is 6.73. The van der Waals surface area contributed by atoms with Gasteiger partial charge in [0.2, 0.25) is 17.8 Å². The number of rotatable bonds is 8. The van der Waals surface area contributed by atoms with Crippen molar-refractivity contribution in [3.8, 4) is 11.5 Å². The molecule has 2 saturated heterocycles. The van der Waals surface area contributed by atoms with Crippen LogP contribution in [0.2, 0.25) is 0 Å². The summed E-state index contributed by atoms with van der Waals surface area (Å²) in [5, 5.41) is 4.38. The highest BCUT2D eigenvalue weighted by molar-refractivity contribution is 9.10. The van der Waals surface area contributed by atoms with Gasteiger partial charge in [0.1, 0.15) is 11.5 Å². The molecule has 2 aliphatic heterocycles. The first-order chi connectivity index (χ1) is 19.1. The van der Waals surface area contributed by atoms with Gasteiger partial charge in [0.15, 0.2) is 0 Å². The summed E-state index contributed by atoms with van der Waals surface area (Å²) in [6.07, 6.45) is 8.65. The number of esters is 1. The Morgan fingerprint density at radius 3 is 2.21 bits per heavy atom. The number of carbonyl (C=O) groups is 1. The van der Waals surface area contributed by atoms with Gasteiger partial charge >= 0.3 is 5.97 Å². The fourth-order valence-electron chi connectivity index (χ4n) is 4.68. The van der Waals surface area contributed by atoms with E-state index < -0.39 is 5.97 Å². The Bertz CT molecular complexity index is 1290. The molecular weight excluding hydrogens is 562 g/mol. The molecule has 0 bridgehead atoms. The molecule has 10 nitrogen and oxygen atoms in total. The molecule has 2 aliphatic rings. The van der Waals surface area contributed by atoms with Gasteiger partial charge in [0, 0.05) is 42.3 Å². The molecule has 0 amide bonds. The lowest BCUT2D eigenvalue weighted by Gasteiger charge is -2.30. The predicted octanol–water partition coefficient (Wildman–Crippen LogP) is 5.29. The molecule has 3 aromatic rings. The number of anilines is 3. The molecule has 5 rings (SSSR count). The van der Waals surface area contributed by atoms with Crippen LogP contribution in [0.15, 0.2) is 52.0 Å². The minimum absolute atomic E-state index is 0.372. The number of carbonyl (C=O) groups excluding carboxylic acids is 1. The third kappa shape index (κ3) is 7.03. The molecule has 1 aromatic heterocycles. The number of methoxy groups -OCH3 is 1. The van der Waals surface area contributed by atoms with Crippen LogP contribution in [0.4, 0.5) is 17.8 Å². The second-order valence-electron chi connectivity index (χ2n) is 9.53. The summed E-state index contributed by atoms with van der Waals surface area (Å²) in [5.41, 5.74) is 4.14. The number of piperidine rings is 2. The SMILES string of the molecule is COc1cc(OC(=O)c2cccc(Br)c2)ccc1C=NNc1nc(N2CCCCC2)nc(N2CCCCC2)n1. The van der Waals surface area contributed by atoms with Crippen molar-refractivity contribution in [1.29, 1.82) is 0 Å². The zero-order valence-corrected chi connectivity index (χ0v) is 23.6. The number of hydrogen-bond donors (Lipinski definition) is 1. The number of halogens is 1. The van der Waals surface area contributed by atoms with E-state index in [2.05, 4.69) is 46.2 Å². The quantitative estimate of drug-likeness (QED) is 0.161. The average molecular weight is 595 g/mol. The minimum Gasteiger partial charge on any atom is -0.496 e. The van der Waals surface area contributed by atoms with Crippen LogP contribution in [0.5, 0.6) is 11.5 Å². The number of aromatic nitrogens is 3. The largest absolute Gasteiger partial charge is 0.496 e. The topological polar surface area (TPSA) is 105 Å². The Labute approximate surface area is 236 Å². The summed E-state index contributed by atoms with van der Waals surface area (Å²) in [6.45, 7) is 3.79. The first-order valence-corrected chi connectivity index (χ1v) is 14.1. The van der Waals surface area contributed by atoms with E-state index in [1.165, 1.54) is 12.8 Å². The zero-order valence-electron chi connectivity index (χ0n) is 22.0. The minimum atomic E-state index is -0.453. The lowest BCUT2D eigenvalue weighted by atomic mass is 10.1. The van der Waals surface area contributed by atoms with E-state index >= 15 is 0 Å². The number of hydrazone groups is 1. The number of nitrogens with one attached hydrogen (secondary N) is 1. The van der Waals surface area contributed by atoms with Crippen molar-refractivity contribution in [3.63, 3.8) is 0 Å². The van der Waals surface area contributed by atoms with Crippen LogP contribution in [-0.2, 0) is 0 Å². The van der Waals surface area contributed by atoms with Gasteiger partial charge < -0.3 is 19.3 Å². The van der Waals surface area contributed by atoms with Gasteiger partial charge in [-0.1, -0.05) is 22.0 Å². The van der Waals surface area contributed by atoms with Crippen molar-refractivity contribution in [2.24, 2.45) is 5.10 Å². The molecule has 0 atom stereocenters. The summed E-state index contributed by atoms with van der Waals surface area (Å²) < 4.78 is 11.9. The third-order valence-corrected chi connectivity index (χ3v) is 7.23. The van der Waals surface area contributed by atoms with E-state index in [1.807, 2.05) is 6.07 Å². The van der Waals surface area contributed by atoms with Gasteiger partial charge in [-0.2, -0.15) is 20.1 Å². The molecule has 2 aromatic carbocycles. The standard InChI is InChI=1S/C28H32BrN7O3/c1-38-24-18-23(39-25(37)20-9-8-10-22(29)17-20)12-11-21(24)19-30-34-26-31-27(35-13-4-2-5-14-35)33-28(32-26)36-15-6-3-7-16-36/h8-12,17-19H,2-7,13-16H2,1H3,(H,31,32,33,34). The lowest BCUT2D eigenvalue weighted by Crippen LogP contribution is -2.34. The summed E-state index contributed by atoms with van der Waals surface area (Å²) in [4.78, 5) is 31.1. The normalized spacial score (nSPS) is 15.8. The molecule has 0 unspecified atom stereocenters. The molecule has 2 fully saturated rings.